The Morgan fingerprint density at radius 1 is 1.31 bits per heavy atom. The molecular formula is C10H10N2O. The Kier molecular flexibility index (Phi) is 2.08. The number of nitrogens with zero attached hydrogens (tertiary/aromatic N) is 1. The summed E-state index contributed by atoms with van der Waals surface area (Å²) < 4.78 is 0. The van der Waals surface area contributed by atoms with E-state index in [4.69, 9.17) is 0 Å². The SMILES string of the molecule is O=C1N=CC(c2ccccc2)CN1. The summed E-state index contributed by atoms with van der Waals surface area (Å²) >= 11 is 0. The average molecular weight is 174 g/mol. The monoisotopic (exact) mass is 174 g/mol. The van der Waals surface area contributed by atoms with Crippen LogP contribution >= 0.6 is 0 Å². The highest BCUT2D eigenvalue weighted by molar-refractivity contribution is 5.88. The maximum atomic E-state index is 10.7. The van der Waals surface area contributed by atoms with E-state index in [1.807, 2.05) is 30.3 Å². The number of hydrogen-bond donors (Lipinski definition) is 1. The van der Waals surface area contributed by atoms with E-state index in [0.717, 1.165) is 0 Å². The summed E-state index contributed by atoms with van der Waals surface area (Å²) in [5.41, 5.74) is 1.19. The van der Waals surface area contributed by atoms with Gasteiger partial charge in [-0.05, 0) is 5.56 Å². The zero-order chi connectivity index (χ0) is 9.10. The molecule has 1 aromatic carbocycles. The molecule has 0 radical (unpaired) electrons. The minimum absolute atomic E-state index is 0.221. The molecule has 2 amide bonds. The molecule has 0 bridgehead atoms. The lowest BCUT2D eigenvalue weighted by molar-refractivity contribution is 0.248. The van der Waals surface area contributed by atoms with Crippen molar-refractivity contribution in [2.24, 2.45) is 4.99 Å². The summed E-state index contributed by atoms with van der Waals surface area (Å²) in [4.78, 5) is 14.4. The van der Waals surface area contributed by atoms with Crippen LogP contribution in [0.5, 0.6) is 0 Å². The summed E-state index contributed by atoms with van der Waals surface area (Å²) in [6.07, 6.45) is 1.70. The lowest BCUT2D eigenvalue weighted by Gasteiger charge is -2.16. The highest BCUT2D eigenvalue weighted by Crippen LogP contribution is 2.14. The highest BCUT2D eigenvalue weighted by Gasteiger charge is 2.14. The molecule has 0 aromatic heterocycles. The van der Waals surface area contributed by atoms with Crippen molar-refractivity contribution in [3.63, 3.8) is 0 Å². The Balaban J connectivity index is 2.20. The van der Waals surface area contributed by atoms with Gasteiger partial charge in [-0.15, -0.1) is 0 Å². The first kappa shape index (κ1) is 7.98. The first-order valence-electron chi connectivity index (χ1n) is 4.23. The van der Waals surface area contributed by atoms with E-state index in [1.54, 1.807) is 6.21 Å². The van der Waals surface area contributed by atoms with Gasteiger partial charge in [0, 0.05) is 18.7 Å². The Hall–Kier alpha value is -1.64. The third kappa shape index (κ3) is 1.75. The molecule has 3 nitrogen and oxygen atoms in total. The smallest absolute Gasteiger partial charge is 0.335 e. The van der Waals surface area contributed by atoms with Crippen LogP contribution in [0.2, 0.25) is 0 Å². The van der Waals surface area contributed by atoms with Crippen LogP contribution in [0.25, 0.3) is 0 Å². The molecule has 3 heteroatoms. The predicted octanol–water partition coefficient (Wildman–Crippen LogP) is 1.56. The molecule has 0 fully saturated rings. The van der Waals surface area contributed by atoms with E-state index in [0.29, 0.717) is 6.54 Å². The maximum absolute atomic E-state index is 10.7. The molecule has 0 saturated carbocycles. The van der Waals surface area contributed by atoms with Gasteiger partial charge in [0.1, 0.15) is 0 Å². The van der Waals surface area contributed by atoms with Crippen molar-refractivity contribution < 1.29 is 4.79 Å². The summed E-state index contributed by atoms with van der Waals surface area (Å²) in [5.74, 6) is 0.221. The zero-order valence-electron chi connectivity index (χ0n) is 7.10. The van der Waals surface area contributed by atoms with E-state index in [9.17, 15) is 4.79 Å². The second-order valence-corrected chi connectivity index (χ2v) is 2.98. The fraction of sp³-hybridized carbons (Fsp3) is 0.200. The van der Waals surface area contributed by atoms with Crippen molar-refractivity contribution >= 4 is 12.2 Å². The van der Waals surface area contributed by atoms with Crippen LogP contribution in [0.4, 0.5) is 4.79 Å². The van der Waals surface area contributed by atoms with E-state index in [1.165, 1.54) is 5.56 Å². The normalized spacial score (nSPS) is 21.2. The van der Waals surface area contributed by atoms with E-state index >= 15 is 0 Å². The highest BCUT2D eigenvalue weighted by atomic mass is 16.2. The van der Waals surface area contributed by atoms with Gasteiger partial charge in [-0.3, -0.25) is 0 Å². The second-order valence-electron chi connectivity index (χ2n) is 2.98. The zero-order valence-corrected chi connectivity index (χ0v) is 7.10. The van der Waals surface area contributed by atoms with Gasteiger partial charge in [0.15, 0.2) is 0 Å². The number of carbonyl (C=O) groups is 1. The third-order valence-corrected chi connectivity index (χ3v) is 2.07. The van der Waals surface area contributed by atoms with Crippen LogP contribution in [0.15, 0.2) is 35.3 Å². The molecule has 1 aliphatic rings. The predicted molar refractivity (Wildman–Crippen MR) is 51.1 cm³/mol. The summed E-state index contributed by atoms with van der Waals surface area (Å²) in [6, 6.07) is 9.77. The molecule has 66 valence electrons. The largest absolute Gasteiger partial charge is 0.340 e. The van der Waals surface area contributed by atoms with E-state index in [-0.39, 0.29) is 11.9 Å². The van der Waals surface area contributed by atoms with Gasteiger partial charge in [-0.25, -0.2) is 9.79 Å². The van der Waals surface area contributed by atoms with E-state index in [2.05, 4.69) is 10.3 Å². The van der Waals surface area contributed by atoms with Gasteiger partial charge in [0.2, 0.25) is 0 Å². The standard InChI is InChI=1S/C10H10N2O/c13-10-11-6-9(7-12-10)8-4-2-1-3-5-8/h1-6,9H,7H2,(H,12,13). The van der Waals surface area contributed by atoms with Gasteiger partial charge >= 0.3 is 6.03 Å². The fourth-order valence-electron chi connectivity index (χ4n) is 1.36. The molecule has 0 saturated heterocycles. The molecule has 1 N–H and O–H groups in total. The summed E-state index contributed by atoms with van der Waals surface area (Å²) in [7, 11) is 0. The number of amides is 2. The van der Waals surface area contributed by atoms with Crippen molar-refractivity contribution in [1.82, 2.24) is 5.32 Å². The second kappa shape index (κ2) is 3.39. The summed E-state index contributed by atoms with van der Waals surface area (Å²) in [5, 5.41) is 2.69. The van der Waals surface area contributed by atoms with Crippen molar-refractivity contribution in [1.29, 1.82) is 0 Å². The van der Waals surface area contributed by atoms with Crippen LogP contribution in [0.1, 0.15) is 11.5 Å². The minimum atomic E-state index is -0.243. The molecule has 1 aliphatic heterocycles. The molecule has 1 unspecified atom stereocenters. The number of nitrogens with one attached hydrogen (secondary N) is 1. The topological polar surface area (TPSA) is 41.5 Å². The molecule has 0 spiro atoms. The lowest BCUT2D eigenvalue weighted by atomic mass is 10.00. The molecule has 2 rings (SSSR count). The van der Waals surface area contributed by atoms with Gasteiger partial charge in [0.25, 0.3) is 0 Å². The molecular weight excluding hydrogens is 164 g/mol. The van der Waals surface area contributed by atoms with Crippen LogP contribution in [0.3, 0.4) is 0 Å². The van der Waals surface area contributed by atoms with Crippen LogP contribution < -0.4 is 5.32 Å². The minimum Gasteiger partial charge on any atom is -0.335 e. The Morgan fingerprint density at radius 2 is 2.08 bits per heavy atom. The third-order valence-electron chi connectivity index (χ3n) is 2.07. The van der Waals surface area contributed by atoms with Crippen molar-refractivity contribution in [3.8, 4) is 0 Å². The van der Waals surface area contributed by atoms with Crippen LogP contribution in [0, 0.1) is 0 Å². The lowest BCUT2D eigenvalue weighted by Crippen LogP contribution is -2.31. The van der Waals surface area contributed by atoms with Crippen molar-refractivity contribution in [2.45, 2.75) is 5.92 Å². The molecule has 13 heavy (non-hydrogen) atoms. The quantitative estimate of drug-likeness (QED) is 0.689. The average Bonchev–Trinajstić information content (AvgIpc) is 2.20. The molecule has 1 aromatic rings. The number of aliphatic imine (C=N–C) groups is 1. The first-order chi connectivity index (χ1) is 6.36. The number of rotatable bonds is 1. The van der Waals surface area contributed by atoms with Gasteiger partial charge < -0.3 is 5.32 Å². The number of hydrogen-bond acceptors (Lipinski definition) is 1. The van der Waals surface area contributed by atoms with Crippen molar-refractivity contribution in [3.05, 3.63) is 35.9 Å². The van der Waals surface area contributed by atoms with Crippen LogP contribution in [-0.2, 0) is 0 Å². The van der Waals surface area contributed by atoms with Gasteiger partial charge in [-0.2, -0.15) is 0 Å². The molecule has 1 heterocycles. The Morgan fingerprint density at radius 3 is 2.69 bits per heavy atom. The molecule has 0 aliphatic carbocycles. The fourth-order valence-corrected chi connectivity index (χ4v) is 1.36. The van der Waals surface area contributed by atoms with Gasteiger partial charge in [0.05, 0.1) is 0 Å². The molecule has 1 atom stereocenters. The van der Waals surface area contributed by atoms with E-state index < -0.39 is 0 Å². The number of carbonyl (C=O) groups excluding carboxylic acids is 1. The summed E-state index contributed by atoms with van der Waals surface area (Å²) in [6.45, 7) is 0.645. The van der Waals surface area contributed by atoms with Crippen LogP contribution in [-0.4, -0.2) is 18.8 Å². The van der Waals surface area contributed by atoms with Crippen molar-refractivity contribution in [2.75, 3.05) is 6.54 Å². The maximum Gasteiger partial charge on any atom is 0.340 e. The Labute approximate surface area is 76.5 Å². The first-order valence-corrected chi connectivity index (χ1v) is 4.23. The Bertz CT molecular complexity index is 332. The number of urea groups is 1. The number of benzene rings is 1. The van der Waals surface area contributed by atoms with Gasteiger partial charge in [-0.1, -0.05) is 30.3 Å².